The van der Waals surface area contributed by atoms with Gasteiger partial charge in [-0.25, -0.2) is 26.7 Å². The standard InChI is InChI=1S/C18H21N3O5S2/c19-27(23,24)14-16-7-4-8-17(13-16)21-18(22)9-11-20-28(25,26)12-10-15-5-2-1-3-6-15/h1-8,10,12-13,20H,9,11,14H2,(H,21,22)(H2,19,23,24). The maximum Gasteiger partial charge on any atom is 0.233 e. The lowest BCUT2D eigenvalue weighted by Crippen LogP contribution is -2.26. The second-order valence-electron chi connectivity index (χ2n) is 5.96. The predicted molar refractivity (Wildman–Crippen MR) is 109 cm³/mol. The zero-order valence-electron chi connectivity index (χ0n) is 14.9. The molecule has 4 N–H and O–H groups in total. The third-order valence-corrected chi connectivity index (χ3v) is 5.31. The molecule has 0 saturated heterocycles. The van der Waals surface area contributed by atoms with Crippen molar-refractivity contribution in [1.82, 2.24) is 4.72 Å². The van der Waals surface area contributed by atoms with E-state index in [9.17, 15) is 21.6 Å². The Labute approximate surface area is 164 Å². The minimum atomic E-state index is -3.67. The highest BCUT2D eigenvalue weighted by molar-refractivity contribution is 7.92. The van der Waals surface area contributed by atoms with Gasteiger partial charge in [0.25, 0.3) is 0 Å². The number of nitrogens with two attached hydrogens (primary N) is 1. The van der Waals surface area contributed by atoms with Crippen LogP contribution in [0.5, 0.6) is 0 Å². The third-order valence-electron chi connectivity index (χ3n) is 3.47. The van der Waals surface area contributed by atoms with E-state index in [1.807, 2.05) is 6.07 Å². The highest BCUT2D eigenvalue weighted by Gasteiger charge is 2.09. The Bertz CT molecular complexity index is 1050. The van der Waals surface area contributed by atoms with Crippen molar-refractivity contribution in [3.05, 3.63) is 71.1 Å². The van der Waals surface area contributed by atoms with Gasteiger partial charge in [-0.15, -0.1) is 0 Å². The summed E-state index contributed by atoms with van der Waals surface area (Å²) in [6, 6.07) is 15.2. The van der Waals surface area contributed by atoms with Crippen LogP contribution < -0.4 is 15.2 Å². The van der Waals surface area contributed by atoms with Crippen LogP contribution in [0.1, 0.15) is 17.5 Å². The van der Waals surface area contributed by atoms with Gasteiger partial charge < -0.3 is 5.32 Å². The van der Waals surface area contributed by atoms with E-state index in [4.69, 9.17) is 5.14 Å². The first-order valence-corrected chi connectivity index (χ1v) is 11.5. The summed E-state index contributed by atoms with van der Waals surface area (Å²) < 4.78 is 48.4. The summed E-state index contributed by atoms with van der Waals surface area (Å²) in [5, 5.41) is 8.62. The van der Waals surface area contributed by atoms with E-state index in [0.29, 0.717) is 11.3 Å². The number of benzene rings is 2. The summed E-state index contributed by atoms with van der Waals surface area (Å²) in [6.07, 6.45) is 1.37. The molecule has 2 aromatic carbocycles. The number of sulfonamides is 2. The number of carbonyl (C=O) groups is 1. The number of rotatable bonds is 9. The van der Waals surface area contributed by atoms with Crippen LogP contribution in [0.15, 0.2) is 60.0 Å². The lowest BCUT2D eigenvalue weighted by Gasteiger charge is -2.07. The van der Waals surface area contributed by atoms with Gasteiger partial charge in [0, 0.05) is 24.1 Å². The van der Waals surface area contributed by atoms with Crippen LogP contribution in [0.25, 0.3) is 6.08 Å². The maximum absolute atomic E-state index is 12.0. The number of anilines is 1. The van der Waals surface area contributed by atoms with Crippen LogP contribution in [-0.2, 0) is 30.6 Å². The predicted octanol–water partition coefficient (Wildman–Crippen LogP) is 1.39. The van der Waals surface area contributed by atoms with Gasteiger partial charge in [0.15, 0.2) is 0 Å². The smallest absolute Gasteiger partial charge is 0.233 e. The Morgan fingerprint density at radius 3 is 2.39 bits per heavy atom. The molecule has 2 aromatic rings. The van der Waals surface area contributed by atoms with Crippen LogP contribution in [-0.4, -0.2) is 29.3 Å². The van der Waals surface area contributed by atoms with E-state index in [-0.39, 0.29) is 18.7 Å². The lowest BCUT2D eigenvalue weighted by molar-refractivity contribution is -0.116. The summed E-state index contributed by atoms with van der Waals surface area (Å²) in [4.78, 5) is 12.0. The minimum Gasteiger partial charge on any atom is -0.326 e. The first-order valence-electron chi connectivity index (χ1n) is 8.25. The normalized spacial score (nSPS) is 12.2. The van der Waals surface area contributed by atoms with E-state index in [2.05, 4.69) is 10.0 Å². The van der Waals surface area contributed by atoms with E-state index >= 15 is 0 Å². The molecule has 0 aliphatic rings. The highest BCUT2D eigenvalue weighted by Crippen LogP contribution is 2.12. The number of hydrogen-bond acceptors (Lipinski definition) is 5. The van der Waals surface area contributed by atoms with Gasteiger partial charge in [-0.2, -0.15) is 0 Å². The summed E-state index contributed by atoms with van der Waals surface area (Å²) in [7, 11) is -7.34. The largest absolute Gasteiger partial charge is 0.326 e. The Morgan fingerprint density at radius 2 is 1.71 bits per heavy atom. The molecule has 0 radical (unpaired) electrons. The number of primary sulfonamides is 1. The van der Waals surface area contributed by atoms with Gasteiger partial charge in [-0.1, -0.05) is 42.5 Å². The molecule has 0 spiro atoms. The highest BCUT2D eigenvalue weighted by atomic mass is 32.2. The first kappa shape index (κ1) is 21.8. The molecular weight excluding hydrogens is 402 g/mol. The van der Waals surface area contributed by atoms with Crippen LogP contribution in [0.3, 0.4) is 0 Å². The van der Waals surface area contributed by atoms with E-state index in [0.717, 1.165) is 11.0 Å². The zero-order valence-corrected chi connectivity index (χ0v) is 16.5. The fraction of sp³-hybridized carbons (Fsp3) is 0.167. The number of hydrogen-bond donors (Lipinski definition) is 3. The van der Waals surface area contributed by atoms with E-state index in [1.54, 1.807) is 42.5 Å². The molecular formula is C18H21N3O5S2. The van der Waals surface area contributed by atoms with Crippen molar-refractivity contribution in [2.75, 3.05) is 11.9 Å². The van der Waals surface area contributed by atoms with Gasteiger partial charge in [0.05, 0.1) is 5.75 Å². The summed E-state index contributed by atoms with van der Waals surface area (Å²) in [6.45, 7) is -0.0792. The van der Waals surface area contributed by atoms with Crippen molar-refractivity contribution in [2.45, 2.75) is 12.2 Å². The Balaban J connectivity index is 1.84. The third kappa shape index (κ3) is 8.44. The maximum atomic E-state index is 12.0. The molecule has 0 fully saturated rings. The molecule has 0 unspecified atom stereocenters. The molecule has 28 heavy (non-hydrogen) atoms. The Hall–Kier alpha value is -2.53. The van der Waals surface area contributed by atoms with Crippen LogP contribution >= 0.6 is 0 Å². The van der Waals surface area contributed by atoms with Gasteiger partial charge in [-0.05, 0) is 29.3 Å². The van der Waals surface area contributed by atoms with Crippen molar-refractivity contribution < 1.29 is 21.6 Å². The molecule has 150 valence electrons. The summed E-state index contributed by atoms with van der Waals surface area (Å²) in [5.74, 6) is -0.757. The van der Waals surface area contributed by atoms with Crippen molar-refractivity contribution in [3.8, 4) is 0 Å². The molecule has 10 heteroatoms. The quantitative estimate of drug-likeness (QED) is 0.560. The fourth-order valence-corrected chi connectivity index (χ4v) is 3.75. The van der Waals surface area contributed by atoms with E-state index < -0.39 is 26.0 Å². The molecule has 8 nitrogen and oxygen atoms in total. The molecule has 0 atom stereocenters. The minimum absolute atomic E-state index is 0.0792. The molecule has 0 bridgehead atoms. The molecule has 0 saturated carbocycles. The second-order valence-corrected chi connectivity index (χ2v) is 9.22. The summed E-state index contributed by atoms with van der Waals surface area (Å²) >= 11 is 0. The first-order chi connectivity index (χ1) is 13.1. The Morgan fingerprint density at radius 1 is 1.00 bits per heavy atom. The van der Waals surface area contributed by atoms with Gasteiger partial charge in [-0.3, -0.25) is 4.79 Å². The molecule has 0 aromatic heterocycles. The van der Waals surface area contributed by atoms with E-state index in [1.165, 1.54) is 12.1 Å². The average molecular weight is 424 g/mol. The van der Waals surface area contributed by atoms with Crippen LogP contribution in [0.4, 0.5) is 5.69 Å². The molecule has 0 aliphatic carbocycles. The van der Waals surface area contributed by atoms with Gasteiger partial charge >= 0.3 is 0 Å². The lowest BCUT2D eigenvalue weighted by atomic mass is 10.2. The van der Waals surface area contributed by atoms with Gasteiger partial charge in [0.1, 0.15) is 0 Å². The molecule has 2 rings (SSSR count). The van der Waals surface area contributed by atoms with Crippen LogP contribution in [0.2, 0.25) is 0 Å². The van der Waals surface area contributed by atoms with Crippen molar-refractivity contribution in [2.24, 2.45) is 5.14 Å². The van der Waals surface area contributed by atoms with Gasteiger partial charge in [0.2, 0.25) is 26.0 Å². The van der Waals surface area contributed by atoms with Crippen molar-refractivity contribution in [3.63, 3.8) is 0 Å². The summed E-state index contributed by atoms with van der Waals surface area (Å²) in [5.41, 5.74) is 1.58. The van der Waals surface area contributed by atoms with Crippen molar-refractivity contribution in [1.29, 1.82) is 0 Å². The molecule has 0 aliphatic heterocycles. The molecule has 1 amide bonds. The van der Waals surface area contributed by atoms with Crippen molar-refractivity contribution >= 4 is 37.7 Å². The second kappa shape index (κ2) is 9.60. The molecule has 0 heterocycles. The zero-order chi connectivity index (χ0) is 20.6. The Kier molecular flexibility index (Phi) is 7.46. The number of amides is 1. The number of nitrogens with one attached hydrogen (secondary N) is 2. The fourth-order valence-electron chi connectivity index (χ4n) is 2.28. The SMILES string of the molecule is NS(=O)(=O)Cc1cccc(NC(=O)CCNS(=O)(=O)C=Cc2ccccc2)c1. The monoisotopic (exact) mass is 423 g/mol. The average Bonchev–Trinajstić information content (AvgIpc) is 2.59. The topological polar surface area (TPSA) is 135 Å². The number of carbonyl (C=O) groups excluding carboxylic acids is 1. The van der Waals surface area contributed by atoms with Crippen LogP contribution in [0, 0.1) is 0 Å².